The molecule has 0 unspecified atom stereocenters. The van der Waals surface area contributed by atoms with Crippen LogP contribution in [0.1, 0.15) is 10.4 Å². The molecule has 0 fully saturated rings. The summed E-state index contributed by atoms with van der Waals surface area (Å²) >= 11 is 1.58. The lowest BCUT2D eigenvalue weighted by Crippen LogP contribution is -2.12. The van der Waals surface area contributed by atoms with Gasteiger partial charge in [0.15, 0.2) is 0 Å². The largest absolute Gasteiger partial charge is 0.319 e. The molecule has 1 N–H and O–H groups in total. The van der Waals surface area contributed by atoms with E-state index in [9.17, 15) is 4.79 Å². The molecule has 0 aliphatic rings. The number of thiophene rings is 1. The van der Waals surface area contributed by atoms with Crippen molar-refractivity contribution in [1.29, 1.82) is 0 Å². The molecular weight excluding hydrogens is 332 g/mol. The van der Waals surface area contributed by atoms with Crippen LogP contribution >= 0.6 is 11.3 Å². The number of pyridine rings is 1. The summed E-state index contributed by atoms with van der Waals surface area (Å²) in [6, 6.07) is 17.2. The van der Waals surface area contributed by atoms with E-state index in [1.165, 1.54) is 0 Å². The highest BCUT2D eigenvalue weighted by molar-refractivity contribution is 7.13. The van der Waals surface area contributed by atoms with Gasteiger partial charge in [0.05, 0.1) is 28.0 Å². The van der Waals surface area contributed by atoms with E-state index < -0.39 is 0 Å². The van der Waals surface area contributed by atoms with Crippen molar-refractivity contribution in [3.8, 4) is 16.3 Å². The average Bonchev–Trinajstić information content (AvgIpc) is 3.33. The summed E-state index contributed by atoms with van der Waals surface area (Å²) in [7, 11) is 0. The van der Waals surface area contributed by atoms with Gasteiger partial charge in [-0.2, -0.15) is 5.10 Å². The molecule has 0 saturated heterocycles. The van der Waals surface area contributed by atoms with E-state index in [4.69, 9.17) is 0 Å². The quantitative estimate of drug-likeness (QED) is 0.601. The van der Waals surface area contributed by atoms with E-state index in [-0.39, 0.29) is 5.91 Å². The van der Waals surface area contributed by atoms with Crippen LogP contribution in [0.2, 0.25) is 0 Å². The Labute approximate surface area is 148 Å². The van der Waals surface area contributed by atoms with Gasteiger partial charge < -0.3 is 5.32 Å². The van der Waals surface area contributed by atoms with Gasteiger partial charge in [0.1, 0.15) is 5.69 Å². The molecule has 25 heavy (non-hydrogen) atoms. The van der Waals surface area contributed by atoms with Gasteiger partial charge >= 0.3 is 0 Å². The average molecular weight is 346 g/mol. The zero-order valence-electron chi connectivity index (χ0n) is 13.2. The van der Waals surface area contributed by atoms with Gasteiger partial charge in [0.25, 0.3) is 5.91 Å². The maximum atomic E-state index is 12.5. The number of rotatable bonds is 4. The van der Waals surface area contributed by atoms with Crippen molar-refractivity contribution < 1.29 is 4.79 Å². The maximum Gasteiger partial charge on any atom is 0.257 e. The molecule has 0 bridgehead atoms. The first kappa shape index (κ1) is 15.3. The first-order chi connectivity index (χ1) is 12.3. The lowest BCUT2D eigenvalue weighted by molar-refractivity contribution is 0.102. The second-order valence-corrected chi connectivity index (χ2v) is 6.29. The Morgan fingerprint density at radius 1 is 1.04 bits per heavy atom. The second kappa shape index (κ2) is 6.70. The Hall–Kier alpha value is -3.25. The van der Waals surface area contributed by atoms with Crippen LogP contribution in [0.5, 0.6) is 0 Å². The molecule has 5 nitrogen and oxygen atoms in total. The monoisotopic (exact) mass is 346 g/mol. The molecule has 0 spiro atoms. The zero-order valence-corrected chi connectivity index (χ0v) is 14.0. The summed E-state index contributed by atoms with van der Waals surface area (Å²) in [5.41, 5.74) is 2.85. The highest BCUT2D eigenvalue weighted by atomic mass is 32.1. The van der Waals surface area contributed by atoms with Gasteiger partial charge in [-0.1, -0.05) is 24.3 Å². The maximum absolute atomic E-state index is 12.5. The summed E-state index contributed by atoms with van der Waals surface area (Å²) in [5, 5.41) is 9.61. The van der Waals surface area contributed by atoms with Crippen molar-refractivity contribution in [2.75, 3.05) is 5.32 Å². The molecule has 0 saturated carbocycles. The molecule has 3 aromatic heterocycles. The summed E-state index contributed by atoms with van der Waals surface area (Å²) < 4.78 is 1.77. The van der Waals surface area contributed by atoms with Crippen LogP contribution in [-0.2, 0) is 0 Å². The number of anilines is 1. The molecule has 122 valence electrons. The van der Waals surface area contributed by atoms with Crippen LogP contribution in [0.3, 0.4) is 0 Å². The predicted molar refractivity (Wildman–Crippen MR) is 99.1 cm³/mol. The molecule has 4 rings (SSSR count). The Kier molecular flexibility index (Phi) is 4.10. The molecule has 6 heteroatoms. The van der Waals surface area contributed by atoms with Crippen LogP contribution in [0.25, 0.3) is 16.3 Å². The van der Waals surface area contributed by atoms with Gasteiger partial charge in [-0.3, -0.25) is 9.78 Å². The number of nitrogens with zero attached hydrogens (tertiary/aromatic N) is 3. The highest BCUT2D eigenvalue weighted by Gasteiger charge is 2.16. The molecule has 1 amide bonds. The van der Waals surface area contributed by atoms with Crippen LogP contribution in [0.15, 0.2) is 78.6 Å². The topological polar surface area (TPSA) is 59.8 Å². The first-order valence-electron chi connectivity index (χ1n) is 7.71. The molecule has 0 radical (unpaired) electrons. The number of benzene rings is 1. The summed E-state index contributed by atoms with van der Waals surface area (Å²) in [6.07, 6.45) is 5.02. The number of amides is 1. The number of para-hydroxylation sites is 1. The number of aromatic nitrogens is 3. The van der Waals surface area contributed by atoms with Crippen molar-refractivity contribution in [1.82, 2.24) is 14.8 Å². The molecular formula is C19H14N4OS. The Bertz CT molecular complexity index is 979. The van der Waals surface area contributed by atoms with E-state index in [0.717, 1.165) is 16.3 Å². The predicted octanol–water partition coefficient (Wildman–Crippen LogP) is 4.25. The van der Waals surface area contributed by atoms with Crippen molar-refractivity contribution >= 4 is 22.9 Å². The minimum Gasteiger partial charge on any atom is -0.319 e. The van der Waals surface area contributed by atoms with Crippen molar-refractivity contribution in [3.05, 3.63) is 84.1 Å². The number of carbonyl (C=O) groups excluding carboxylic acids is 1. The van der Waals surface area contributed by atoms with Gasteiger partial charge in [0, 0.05) is 12.4 Å². The van der Waals surface area contributed by atoms with E-state index in [2.05, 4.69) is 15.4 Å². The van der Waals surface area contributed by atoms with E-state index in [0.29, 0.717) is 11.3 Å². The number of hydrogen-bond acceptors (Lipinski definition) is 4. The van der Waals surface area contributed by atoms with Crippen LogP contribution in [0, 0.1) is 0 Å². The van der Waals surface area contributed by atoms with Crippen molar-refractivity contribution in [2.45, 2.75) is 0 Å². The SMILES string of the molecule is O=C(Nc1cn(-c2ccccc2)nc1-c1cccs1)c1cccnc1. The molecule has 0 aliphatic heterocycles. The molecule has 4 aromatic rings. The Balaban J connectivity index is 1.73. The molecule has 0 aliphatic carbocycles. The van der Waals surface area contributed by atoms with E-state index in [1.54, 1.807) is 40.5 Å². The second-order valence-electron chi connectivity index (χ2n) is 5.34. The zero-order chi connectivity index (χ0) is 17.1. The summed E-state index contributed by atoms with van der Waals surface area (Å²) in [4.78, 5) is 17.5. The molecule has 1 aromatic carbocycles. The van der Waals surface area contributed by atoms with E-state index in [1.807, 2.05) is 54.0 Å². The lowest BCUT2D eigenvalue weighted by Gasteiger charge is -2.03. The fraction of sp³-hybridized carbons (Fsp3) is 0. The van der Waals surface area contributed by atoms with Gasteiger partial charge in [-0.05, 0) is 35.7 Å². The Morgan fingerprint density at radius 3 is 2.64 bits per heavy atom. The number of carbonyl (C=O) groups is 1. The smallest absolute Gasteiger partial charge is 0.257 e. The van der Waals surface area contributed by atoms with Crippen LogP contribution < -0.4 is 5.32 Å². The highest BCUT2D eigenvalue weighted by Crippen LogP contribution is 2.31. The Morgan fingerprint density at radius 2 is 1.92 bits per heavy atom. The van der Waals surface area contributed by atoms with Gasteiger partial charge in [-0.25, -0.2) is 4.68 Å². The lowest BCUT2D eigenvalue weighted by atomic mass is 10.2. The molecule has 0 atom stereocenters. The number of hydrogen-bond donors (Lipinski definition) is 1. The molecule has 3 heterocycles. The summed E-state index contributed by atoms with van der Waals surface area (Å²) in [6.45, 7) is 0. The minimum absolute atomic E-state index is 0.210. The first-order valence-corrected chi connectivity index (χ1v) is 8.59. The van der Waals surface area contributed by atoms with Gasteiger partial charge in [0.2, 0.25) is 0 Å². The fourth-order valence-corrected chi connectivity index (χ4v) is 3.19. The minimum atomic E-state index is -0.210. The third-order valence-corrected chi connectivity index (χ3v) is 4.54. The third kappa shape index (κ3) is 3.20. The number of nitrogens with one attached hydrogen (secondary N) is 1. The van der Waals surface area contributed by atoms with E-state index >= 15 is 0 Å². The van der Waals surface area contributed by atoms with Crippen molar-refractivity contribution in [2.24, 2.45) is 0 Å². The van der Waals surface area contributed by atoms with Gasteiger partial charge in [-0.15, -0.1) is 11.3 Å². The van der Waals surface area contributed by atoms with Crippen LogP contribution in [-0.4, -0.2) is 20.7 Å². The third-order valence-electron chi connectivity index (χ3n) is 3.66. The normalized spacial score (nSPS) is 10.6. The van der Waals surface area contributed by atoms with Crippen LogP contribution in [0.4, 0.5) is 5.69 Å². The standard InChI is InChI=1S/C19H14N4OS/c24-19(14-6-4-10-20-12-14)21-16-13-23(15-7-2-1-3-8-15)22-18(16)17-9-5-11-25-17/h1-13H,(H,21,24). The fourth-order valence-electron chi connectivity index (χ4n) is 2.47. The van der Waals surface area contributed by atoms with Crippen molar-refractivity contribution in [3.63, 3.8) is 0 Å². The summed E-state index contributed by atoms with van der Waals surface area (Å²) in [5.74, 6) is -0.210.